The van der Waals surface area contributed by atoms with Gasteiger partial charge in [-0.15, -0.1) is 11.8 Å². The zero-order valence-electron chi connectivity index (χ0n) is 11.8. The first-order valence-corrected chi connectivity index (χ1v) is 7.95. The maximum Gasteiger partial charge on any atom is 0.261 e. The number of benzene rings is 1. The van der Waals surface area contributed by atoms with Crippen LogP contribution in [0.4, 0.5) is 5.69 Å². The molecular formula is C15H18N2O2S. The smallest absolute Gasteiger partial charge is 0.261 e. The Bertz CT molecular complexity index is 565. The summed E-state index contributed by atoms with van der Waals surface area (Å²) >= 11 is 1.65. The van der Waals surface area contributed by atoms with Crippen molar-refractivity contribution >= 4 is 28.9 Å². The fourth-order valence-corrected chi connectivity index (χ4v) is 3.57. The summed E-state index contributed by atoms with van der Waals surface area (Å²) in [7, 11) is 1.84. The molecule has 2 aliphatic heterocycles. The van der Waals surface area contributed by atoms with Crippen LogP contribution in [0.1, 0.15) is 5.56 Å². The van der Waals surface area contributed by atoms with Crippen LogP contribution in [0.2, 0.25) is 0 Å². The quantitative estimate of drug-likeness (QED) is 0.780. The summed E-state index contributed by atoms with van der Waals surface area (Å²) in [5.41, 5.74) is 2.86. The molecule has 0 aliphatic carbocycles. The lowest BCUT2D eigenvalue weighted by Gasteiger charge is -2.31. The number of fused-ring (bicyclic) bond motifs is 1. The fraction of sp³-hybridized carbons (Fsp3) is 0.400. The van der Waals surface area contributed by atoms with Gasteiger partial charge < -0.3 is 14.5 Å². The minimum Gasteiger partial charge on any atom is -0.378 e. The lowest BCUT2D eigenvalue weighted by molar-refractivity contribution is -0.112. The number of rotatable bonds is 2. The molecule has 0 spiro atoms. The second kappa shape index (κ2) is 5.50. The lowest BCUT2D eigenvalue weighted by atomic mass is 10.1. The number of nitrogens with zero attached hydrogens (tertiary/aromatic N) is 2. The molecule has 0 bridgehead atoms. The predicted molar refractivity (Wildman–Crippen MR) is 82.7 cm³/mol. The third-order valence-corrected chi connectivity index (χ3v) is 4.61. The fourth-order valence-electron chi connectivity index (χ4n) is 2.73. The molecule has 0 saturated carbocycles. The van der Waals surface area contributed by atoms with Crippen molar-refractivity contribution in [3.8, 4) is 0 Å². The van der Waals surface area contributed by atoms with Crippen molar-refractivity contribution in [1.82, 2.24) is 4.90 Å². The number of para-hydroxylation sites is 1. The first-order chi connectivity index (χ1) is 9.74. The van der Waals surface area contributed by atoms with E-state index in [0.29, 0.717) is 0 Å². The standard InChI is InChI=1S/C15H18N2O2S/c1-16-12-6-4-3-5-11(12)13(14(16)18)15(20-2)17-7-9-19-10-8-17/h3-6H,7-10H2,1-2H3/b15-13+. The number of likely N-dealkylation sites (N-methyl/N-ethyl adjacent to an activating group) is 1. The van der Waals surface area contributed by atoms with Gasteiger partial charge in [-0.3, -0.25) is 4.79 Å². The minimum atomic E-state index is 0.0852. The number of amides is 1. The van der Waals surface area contributed by atoms with Crippen LogP contribution in [0.15, 0.2) is 29.3 Å². The van der Waals surface area contributed by atoms with Crippen LogP contribution in [0.5, 0.6) is 0 Å². The molecule has 0 atom stereocenters. The largest absolute Gasteiger partial charge is 0.378 e. The number of thioether (sulfide) groups is 1. The Hall–Kier alpha value is -1.46. The molecule has 1 aromatic carbocycles. The number of carbonyl (C=O) groups is 1. The van der Waals surface area contributed by atoms with Gasteiger partial charge in [-0.1, -0.05) is 18.2 Å². The SMILES string of the molecule is CS/C(=C1/C(=O)N(C)c2ccccc21)N1CCOCC1. The van der Waals surface area contributed by atoms with Gasteiger partial charge in [0.15, 0.2) is 0 Å². The Morgan fingerprint density at radius 3 is 2.65 bits per heavy atom. The van der Waals surface area contributed by atoms with E-state index >= 15 is 0 Å². The van der Waals surface area contributed by atoms with Crippen molar-refractivity contribution in [2.75, 3.05) is 44.5 Å². The Kier molecular flexibility index (Phi) is 3.72. The molecule has 4 nitrogen and oxygen atoms in total. The van der Waals surface area contributed by atoms with Gasteiger partial charge in [-0.2, -0.15) is 0 Å². The van der Waals surface area contributed by atoms with Gasteiger partial charge >= 0.3 is 0 Å². The molecule has 1 aromatic rings. The van der Waals surface area contributed by atoms with E-state index in [-0.39, 0.29) is 5.91 Å². The Balaban J connectivity index is 2.10. The maximum atomic E-state index is 12.6. The molecule has 0 N–H and O–H groups in total. The first-order valence-electron chi connectivity index (χ1n) is 6.72. The van der Waals surface area contributed by atoms with Gasteiger partial charge in [0, 0.05) is 25.7 Å². The highest BCUT2D eigenvalue weighted by Gasteiger charge is 2.33. The molecule has 0 radical (unpaired) electrons. The van der Waals surface area contributed by atoms with Crippen molar-refractivity contribution in [2.24, 2.45) is 0 Å². The van der Waals surface area contributed by atoms with E-state index in [1.54, 1.807) is 16.7 Å². The van der Waals surface area contributed by atoms with E-state index in [0.717, 1.165) is 48.2 Å². The van der Waals surface area contributed by atoms with Crippen LogP contribution in [0, 0.1) is 0 Å². The topological polar surface area (TPSA) is 32.8 Å². The molecule has 0 aromatic heterocycles. The van der Waals surface area contributed by atoms with Crippen LogP contribution in [-0.2, 0) is 9.53 Å². The average molecular weight is 290 g/mol. The van der Waals surface area contributed by atoms with E-state index in [9.17, 15) is 4.79 Å². The monoisotopic (exact) mass is 290 g/mol. The van der Waals surface area contributed by atoms with Crippen LogP contribution < -0.4 is 4.90 Å². The van der Waals surface area contributed by atoms with Gasteiger partial charge in [0.1, 0.15) is 0 Å². The zero-order valence-corrected chi connectivity index (χ0v) is 12.6. The third-order valence-electron chi connectivity index (χ3n) is 3.76. The van der Waals surface area contributed by atoms with E-state index in [4.69, 9.17) is 4.74 Å². The summed E-state index contributed by atoms with van der Waals surface area (Å²) in [5, 5.41) is 1.06. The molecule has 3 rings (SSSR count). The molecule has 2 aliphatic rings. The van der Waals surface area contributed by atoms with Crippen molar-refractivity contribution in [3.63, 3.8) is 0 Å². The summed E-state index contributed by atoms with van der Waals surface area (Å²) < 4.78 is 5.41. The maximum absolute atomic E-state index is 12.6. The Morgan fingerprint density at radius 1 is 1.25 bits per heavy atom. The zero-order chi connectivity index (χ0) is 14.1. The molecule has 1 amide bonds. The minimum absolute atomic E-state index is 0.0852. The third kappa shape index (κ3) is 2.11. The average Bonchev–Trinajstić information content (AvgIpc) is 2.75. The molecule has 20 heavy (non-hydrogen) atoms. The predicted octanol–water partition coefficient (Wildman–Crippen LogP) is 2.03. The van der Waals surface area contributed by atoms with Gasteiger partial charge in [-0.25, -0.2) is 0 Å². The van der Waals surface area contributed by atoms with Gasteiger partial charge in [0.25, 0.3) is 5.91 Å². The second-order valence-electron chi connectivity index (χ2n) is 4.87. The van der Waals surface area contributed by atoms with E-state index in [1.807, 2.05) is 37.6 Å². The molecule has 5 heteroatoms. The first kappa shape index (κ1) is 13.5. The Labute approximate surface area is 123 Å². The van der Waals surface area contributed by atoms with Gasteiger partial charge in [-0.05, 0) is 12.3 Å². The number of morpholine rings is 1. The summed E-state index contributed by atoms with van der Waals surface area (Å²) in [6.07, 6.45) is 2.03. The summed E-state index contributed by atoms with van der Waals surface area (Å²) in [6.45, 7) is 3.14. The highest BCUT2D eigenvalue weighted by molar-refractivity contribution is 8.02. The number of anilines is 1. The number of ether oxygens (including phenoxy) is 1. The molecule has 1 fully saturated rings. The van der Waals surface area contributed by atoms with Crippen LogP contribution >= 0.6 is 11.8 Å². The molecular weight excluding hydrogens is 272 g/mol. The van der Waals surface area contributed by atoms with Crippen LogP contribution in [-0.4, -0.2) is 50.4 Å². The van der Waals surface area contributed by atoms with Crippen molar-refractivity contribution in [2.45, 2.75) is 0 Å². The second-order valence-corrected chi connectivity index (χ2v) is 5.66. The number of carbonyl (C=O) groups excluding carboxylic acids is 1. The highest BCUT2D eigenvalue weighted by Crippen LogP contribution is 2.40. The van der Waals surface area contributed by atoms with Gasteiger partial charge in [0.2, 0.25) is 0 Å². The molecule has 106 valence electrons. The van der Waals surface area contributed by atoms with E-state index < -0.39 is 0 Å². The number of hydrogen-bond donors (Lipinski definition) is 0. The summed E-state index contributed by atoms with van der Waals surface area (Å²) in [5.74, 6) is 0.0852. The van der Waals surface area contributed by atoms with Crippen molar-refractivity contribution < 1.29 is 9.53 Å². The Morgan fingerprint density at radius 2 is 1.95 bits per heavy atom. The number of hydrogen-bond acceptors (Lipinski definition) is 4. The van der Waals surface area contributed by atoms with Gasteiger partial charge in [0.05, 0.1) is 29.5 Å². The molecule has 0 unspecified atom stereocenters. The normalized spacial score (nSPS) is 21.2. The lowest BCUT2D eigenvalue weighted by Crippen LogP contribution is -2.36. The summed E-state index contributed by atoms with van der Waals surface area (Å²) in [4.78, 5) is 16.6. The molecule has 1 saturated heterocycles. The highest BCUT2D eigenvalue weighted by atomic mass is 32.2. The summed E-state index contributed by atoms with van der Waals surface area (Å²) in [6, 6.07) is 7.99. The van der Waals surface area contributed by atoms with Crippen LogP contribution in [0.3, 0.4) is 0 Å². The van der Waals surface area contributed by atoms with Crippen LogP contribution in [0.25, 0.3) is 5.57 Å². The molecule has 2 heterocycles. The van der Waals surface area contributed by atoms with Crippen molar-refractivity contribution in [3.05, 3.63) is 34.9 Å². The van der Waals surface area contributed by atoms with E-state index in [2.05, 4.69) is 4.90 Å². The van der Waals surface area contributed by atoms with Crippen molar-refractivity contribution in [1.29, 1.82) is 0 Å². The van der Waals surface area contributed by atoms with E-state index in [1.165, 1.54) is 0 Å².